The van der Waals surface area contributed by atoms with E-state index in [1.54, 1.807) is 0 Å². The Bertz CT molecular complexity index is 433. The van der Waals surface area contributed by atoms with Crippen molar-refractivity contribution in [1.29, 1.82) is 0 Å². The minimum atomic E-state index is -0.736. The van der Waals surface area contributed by atoms with Gasteiger partial charge in [-0.15, -0.1) is 0 Å². The van der Waals surface area contributed by atoms with Crippen molar-refractivity contribution in [3.8, 4) is 11.5 Å². The number of phenolic OH excluding ortho intramolecular Hbond substituents is 1. The van der Waals surface area contributed by atoms with E-state index in [9.17, 15) is 15.2 Å². The van der Waals surface area contributed by atoms with E-state index in [1.807, 2.05) is 0 Å². The molecule has 7 heteroatoms. The van der Waals surface area contributed by atoms with Crippen LogP contribution in [-0.4, -0.2) is 22.1 Å². The van der Waals surface area contributed by atoms with Gasteiger partial charge in [0.05, 0.1) is 12.0 Å². The van der Waals surface area contributed by atoms with Crippen molar-refractivity contribution in [2.45, 2.75) is 0 Å². The number of ether oxygens (including phenoxy) is 1. The molecule has 0 saturated carbocycles. The van der Waals surface area contributed by atoms with E-state index < -0.39 is 16.4 Å². The zero-order valence-corrected chi connectivity index (χ0v) is 8.58. The highest BCUT2D eigenvalue weighted by Gasteiger charge is 2.20. The number of nitro benzene ring substituents is 1. The molecule has 0 spiro atoms. The summed E-state index contributed by atoms with van der Waals surface area (Å²) in [7, 11) is 1.28. The van der Waals surface area contributed by atoms with Crippen molar-refractivity contribution >= 4 is 22.9 Å². The predicted molar refractivity (Wildman–Crippen MR) is 57.2 cm³/mol. The molecule has 0 bridgehead atoms. The maximum absolute atomic E-state index is 10.6. The molecule has 0 aliphatic rings. The first-order valence-corrected chi connectivity index (χ1v) is 4.23. The molecule has 15 heavy (non-hydrogen) atoms. The molecule has 1 rings (SSSR count). The number of nitrogens with two attached hydrogens (primary N) is 1. The van der Waals surface area contributed by atoms with Crippen LogP contribution in [0.3, 0.4) is 0 Å². The van der Waals surface area contributed by atoms with Crippen molar-refractivity contribution in [2.75, 3.05) is 7.11 Å². The van der Waals surface area contributed by atoms with Crippen molar-refractivity contribution in [3.63, 3.8) is 0 Å². The first kappa shape index (κ1) is 11.2. The van der Waals surface area contributed by atoms with Crippen molar-refractivity contribution in [1.82, 2.24) is 0 Å². The molecule has 1 aromatic carbocycles. The summed E-state index contributed by atoms with van der Waals surface area (Å²) in [6.07, 6.45) is 0. The maximum Gasteiger partial charge on any atom is 0.315 e. The SMILES string of the molecule is COc1cc(C(N)=S)cc([N+](=O)[O-])c1O. The summed E-state index contributed by atoms with van der Waals surface area (Å²) >= 11 is 4.68. The molecule has 1 aromatic rings. The fraction of sp³-hybridized carbons (Fsp3) is 0.125. The molecule has 0 atom stereocenters. The van der Waals surface area contributed by atoms with Gasteiger partial charge < -0.3 is 15.6 Å². The van der Waals surface area contributed by atoms with Crippen LogP contribution >= 0.6 is 12.2 Å². The van der Waals surface area contributed by atoms with Crippen LogP contribution < -0.4 is 10.5 Å². The van der Waals surface area contributed by atoms with E-state index in [-0.39, 0.29) is 16.3 Å². The smallest absolute Gasteiger partial charge is 0.315 e. The first-order valence-electron chi connectivity index (χ1n) is 3.82. The van der Waals surface area contributed by atoms with Crippen LogP contribution in [0.25, 0.3) is 0 Å². The number of nitrogens with zero attached hydrogens (tertiary/aromatic N) is 1. The molecule has 0 amide bonds. The average molecular weight is 228 g/mol. The lowest BCUT2D eigenvalue weighted by molar-refractivity contribution is -0.386. The molecule has 0 heterocycles. The van der Waals surface area contributed by atoms with E-state index >= 15 is 0 Å². The van der Waals surface area contributed by atoms with Gasteiger partial charge >= 0.3 is 5.69 Å². The minimum absolute atomic E-state index is 0.00333. The summed E-state index contributed by atoms with van der Waals surface area (Å²) in [4.78, 5) is 9.83. The number of aromatic hydroxyl groups is 1. The Hall–Kier alpha value is -1.89. The van der Waals surface area contributed by atoms with Gasteiger partial charge in [-0.3, -0.25) is 10.1 Å². The van der Waals surface area contributed by atoms with Gasteiger partial charge in [0.25, 0.3) is 0 Å². The van der Waals surface area contributed by atoms with Gasteiger partial charge in [0.15, 0.2) is 5.75 Å². The largest absolute Gasteiger partial charge is 0.500 e. The highest BCUT2D eigenvalue weighted by Crippen LogP contribution is 2.36. The second-order valence-corrected chi connectivity index (χ2v) is 3.11. The highest BCUT2D eigenvalue weighted by atomic mass is 32.1. The van der Waals surface area contributed by atoms with Crippen LogP contribution in [0.4, 0.5) is 5.69 Å². The summed E-state index contributed by atoms with van der Waals surface area (Å²) in [5, 5.41) is 20.0. The normalized spacial score (nSPS) is 9.67. The fourth-order valence-corrected chi connectivity index (χ4v) is 1.15. The molecule has 3 N–H and O–H groups in total. The van der Waals surface area contributed by atoms with E-state index in [0.29, 0.717) is 0 Å². The van der Waals surface area contributed by atoms with Crippen LogP contribution in [0.1, 0.15) is 5.56 Å². The lowest BCUT2D eigenvalue weighted by Gasteiger charge is -2.06. The van der Waals surface area contributed by atoms with Gasteiger partial charge in [-0.05, 0) is 6.07 Å². The van der Waals surface area contributed by atoms with Gasteiger partial charge in [-0.25, -0.2) is 0 Å². The summed E-state index contributed by atoms with van der Waals surface area (Å²) in [6.45, 7) is 0. The third-order valence-corrected chi connectivity index (χ3v) is 1.99. The monoisotopic (exact) mass is 228 g/mol. The zero-order chi connectivity index (χ0) is 11.6. The van der Waals surface area contributed by atoms with Crippen LogP contribution in [0.5, 0.6) is 11.5 Å². The Morgan fingerprint density at radius 3 is 2.67 bits per heavy atom. The Labute approximate surface area is 90.4 Å². The van der Waals surface area contributed by atoms with E-state index in [4.69, 9.17) is 10.5 Å². The Morgan fingerprint density at radius 1 is 1.67 bits per heavy atom. The molecular weight excluding hydrogens is 220 g/mol. The second kappa shape index (κ2) is 4.09. The third-order valence-electron chi connectivity index (χ3n) is 1.76. The van der Waals surface area contributed by atoms with Gasteiger partial charge in [0.2, 0.25) is 5.75 Å². The Morgan fingerprint density at radius 2 is 2.27 bits per heavy atom. The topological polar surface area (TPSA) is 98.6 Å². The molecule has 6 nitrogen and oxygen atoms in total. The van der Waals surface area contributed by atoms with Crippen LogP contribution in [0.2, 0.25) is 0 Å². The summed E-state index contributed by atoms with van der Waals surface area (Å²) in [5.41, 5.74) is 5.11. The third kappa shape index (κ3) is 2.13. The number of phenols is 1. The molecule has 80 valence electrons. The van der Waals surface area contributed by atoms with Crippen LogP contribution in [-0.2, 0) is 0 Å². The number of methoxy groups -OCH3 is 1. The lowest BCUT2D eigenvalue weighted by atomic mass is 10.1. The van der Waals surface area contributed by atoms with E-state index in [1.165, 1.54) is 13.2 Å². The molecule has 0 aliphatic carbocycles. The Kier molecular flexibility index (Phi) is 3.05. The van der Waals surface area contributed by atoms with Crippen LogP contribution in [0.15, 0.2) is 12.1 Å². The standard InChI is InChI=1S/C8H8N2O4S/c1-14-6-3-4(8(9)15)2-5(7(6)11)10(12)13/h2-3,11H,1H3,(H2,9,15). The van der Waals surface area contributed by atoms with Crippen molar-refractivity contribution < 1.29 is 14.8 Å². The van der Waals surface area contributed by atoms with Crippen LogP contribution in [0, 0.1) is 10.1 Å². The van der Waals surface area contributed by atoms with Gasteiger partial charge in [0.1, 0.15) is 4.99 Å². The minimum Gasteiger partial charge on any atom is -0.500 e. The maximum atomic E-state index is 10.6. The fourth-order valence-electron chi connectivity index (χ4n) is 1.03. The van der Waals surface area contributed by atoms with Gasteiger partial charge in [0, 0.05) is 11.6 Å². The van der Waals surface area contributed by atoms with E-state index in [2.05, 4.69) is 12.2 Å². The molecular formula is C8H8N2O4S. The molecule has 0 aliphatic heterocycles. The number of hydrogen-bond acceptors (Lipinski definition) is 5. The summed E-state index contributed by atoms with van der Waals surface area (Å²) < 4.78 is 4.76. The van der Waals surface area contributed by atoms with Gasteiger partial charge in [-0.2, -0.15) is 0 Å². The Balaban J connectivity index is 3.45. The number of thiocarbonyl (C=S) groups is 1. The van der Waals surface area contributed by atoms with E-state index in [0.717, 1.165) is 6.07 Å². The summed E-state index contributed by atoms with van der Waals surface area (Å²) in [6, 6.07) is 2.44. The number of rotatable bonds is 3. The average Bonchev–Trinajstić information content (AvgIpc) is 2.17. The second-order valence-electron chi connectivity index (χ2n) is 2.67. The predicted octanol–water partition coefficient (Wildman–Crippen LogP) is 0.943. The highest BCUT2D eigenvalue weighted by molar-refractivity contribution is 7.80. The first-order chi connectivity index (χ1) is 6.97. The van der Waals surface area contributed by atoms with Gasteiger partial charge in [-0.1, -0.05) is 12.2 Å². The quantitative estimate of drug-likeness (QED) is 0.454. The number of hydrogen-bond donors (Lipinski definition) is 2. The molecule has 0 saturated heterocycles. The van der Waals surface area contributed by atoms with Crippen molar-refractivity contribution in [3.05, 3.63) is 27.8 Å². The number of nitro groups is 1. The molecule has 0 fully saturated rings. The van der Waals surface area contributed by atoms with Crippen molar-refractivity contribution in [2.24, 2.45) is 5.73 Å². The zero-order valence-electron chi connectivity index (χ0n) is 7.76. The number of benzene rings is 1. The summed E-state index contributed by atoms with van der Waals surface area (Å²) in [5.74, 6) is -0.575. The molecule has 0 unspecified atom stereocenters. The molecule has 0 aromatic heterocycles. The lowest BCUT2D eigenvalue weighted by Crippen LogP contribution is -2.10. The molecule has 0 radical (unpaired) electrons.